The van der Waals surface area contributed by atoms with Crippen molar-refractivity contribution in [1.29, 1.82) is 0 Å². The van der Waals surface area contributed by atoms with Crippen molar-refractivity contribution >= 4 is 40.0 Å². The number of aromatic nitrogens is 1. The lowest BCUT2D eigenvalue weighted by atomic mass is 9.94. The minimum Gasteiger partial charge on any atom is -0.339 e. The molecule has 0 radical (unpaired) electrons. The summed E-state index contributed by atoms with van der Waals surface area (Å²) < 4.78 is 14.1. The normalized spacial score (nSPS) is 15.0. The monoisotopic (exact) mass is 401 g/mol. The molecule has 1 aliphatic carbocycles. The molecule has 2 amide bonds. The lowest BCUT2D eigenvalue weighted by Crippen LogP contribution is -2.37. The topological polar surface area (TPSA) is 53.5 Å². The summed E-state index contributed by atoms with van der Waals surface area (Å²) >= 11 is 1.23. The van der Waals surface area contributed by atoms with Crippen molar-refractivity contribution in [2.75, 3.05) is 11.9 Å². The first kappa shape index (κ1) is 20.2. The number of benzene rings is 1. The Bertz CT molecular complexity index is 874. The molecule has 0 bridgehead atoms. The zero-order valence-corrected chi connectivity index (χ0v) is 16.9. The van der Waals surface area contributed by atoms with Crippen LogP contribution in [0.2, 0.25) is 0 Å². The SMILES string of the molecule is CC(=O)N(c1nc(/C=C/C(=O)N(C)C2CCCCC2)cs1)c1ccccc1F. The Balaban J connectivity index is 1.73. The second kappa shape index (κ2) is 9.10. The number of hydrogen-bond acceptors (Lipinski definition) is 4. The summed E-state index contributed by atoms with van der Waals surface area (Å²) in [6, 6.07) is 6.38. The first-order valence-corrected chi connectivity index (χ1v) is 10.3. The third-order valence-electron chi connectivity index (χ3n) is 4.98. The summed E-state index contributed by atoms with van der Waals surface area (Å²) in [5.41, 5.74) is 0.723. The number of thiazole rings is 1. The molecular formula is C21H24FN3O2S. The van der Waals surface area contributed by atoms with E-state index in [4.69, 9.17) is 0 Å². The molecule has 0 unspecified atom stereocenters. The van der Waals surface area contributed by atoms with Crippen LogP contribution < -0.4 is 4.90 Å². The zero-order chi connectivity index (χ0) is 20.1. The summed E-state index contributed by atoms with van der Waals surface area (Å²) in [5.74, 6) is -0.878. The highest BCUT2D eigenvalue weighted by atomic mass is 32.1. The van der Waals surface area contributed by atoms with Gasteiger partial charge in [0.15, 0.2) is 5.13 Å². The van der Waals surface area contributed by atoms with E-state index in [1.165, 1.54) is 60.6 Å². The van der Waals surface area contributed by atoms with E-state index >= 15 is 0 Å². The van der Waals surface area contributed by atoms with Gasteiger partial charge in [0.05, 0.1) is 11.4 Å². The van der Waals surface area contributed by atoms with Gasteiger partial charge in [-0.2, -0.15) is 0 Å². The number of amides is 2. The zero-order valence-electron chi connectivity index (χ0n) is 16.1. The van der Waals surface area contributed by atoms with E-state index in [2.05, 4.69) is 4.98 Å². The van der Waals surface area contributed by atoms with Crippen LogP contribution in [-0.4, -0.2) is 34.8 Å². The van der Waals surface area contributed by atoms with E-state index < -0.39 is 5.82 Å². The van der Waals surface area contributed by atoms with Crippen molar-refractivity contribution in [2.45, 2.75) is 45.1 Å². The fourth-order valence-corrected chi connectivity index (χ4v) is 4.27. The number of para-hydroxylation sites is 1. The molecule has 5 nitrogen and oxygen atoms in total. The Kier molecular flexibility index (Phi) is 6.57. The van der Waals surface area contributed by atoms with Crippen LogP contribution in [0.1, 0.15) is 44.7 Å². The van der Waals surface area contributed by atoms with Gasteiger partial charge in [-0.25, -0.2) is 9.37 Å². The molecular weight excluding hydrogens is 377 g/mol. The average molecular weight is 402 g/mol. The number of carbonyl (C=O) groups excluding carboxylic acids is 2. The van der Waals surface area contributed by atoms with Gasteiger partial charge in [-0.3, -0.25) is 14.5 Å². The van der Waals surface area contributed by atoms with Crippen molar-refractivity contribution < 1.29 is 14.0 Å². The standard InChI is InChI=1S/C21H24FN3O2S/c1-15(26)25(19-11-7-6-10-18(19)22)21-23-16(14-28-21)12-13-20(27)24(2)17-8-4-3-5-9-17/h6-7,10-14,17H,3-5,8-9H2,1-2H3/b13-12+. The van der Waals surface area contributed by atoms with Crippen LogP contribution in [0.3, 0.4) is 0 Å². The van der Waals surface area contributed by atoms with Crippen LogP contribution in [-0.2, 0) is 9.59 Å². The van der Waals surface area contributed by atoms with Crippen molar-refractivity contribution in [2.24, 2.45) is 0 Å². The second-order valence-corrected chi connectivity index (χ2v) is 7.77. The van der Waals surface area contributed by atoms with E-state index in [9.17, 15) is 14.0 Å². The highest BCUT2D eigenvalue weighted by molar-refractivity contribution is 7.14. The molecule has 1 fully saturated rings. The van der Waals surface area contributed by atoms with Gasteiger partial charge in [0.25, 0.3) is 0 Å². The molecule has 0 atom stereocenters. The lowest BCUT2D eigenvalue weighted by Gasteiger charge is -2.30. The molecule has 3 rings (SSSR count). The maximum atomic E-state index is 14.1. The Morgan fingerprint density at radius 1 is 1.21 bits per heavy atom. The number of hydrogen-bond donors (Lipinski definition) is 0. The van der Waals surface area contributed by atoms with Gasteiger partial charge in [-0.15, -0.1) is 11.3 Å². The van der Waals surface area contributed by atoms with E-state index in [1.807, 2.05) is 7.05 Å². The molecule has 28 heavy (non-hydrogen) atoms. The third-order valence-corrected chi connectivity index (χ3v) is 5.82. The quantitative estimate of drug-likeness (QED) is 0.678. The summed E-state index contributed by atoms with van der Waals surface area (Å²) in [5, 5.41) is 2.11. The van der Waals surface area contributed by atoms with Gasteiger partial charge in [-0.05, 0) is 31.1 Å². The molecule has 1 aliphatic rings. The van der Waals surface area contributed by atoms with Crippen LogP contribution in [0.4, 0.5) is 15.2 Å². The molecule has 1 heterocycles. The number of rotatable bonds is 5. The Labute approximate surface area is 168 Å². The van der Waals surface area contributed by atoms with E-state index in [-0.39, 0.29) is 17.5 Å². The summed E-state index contributed by atoms with van der Waals surface area (Å²) in [6.07, 6.45) is 8.82. The molecule has 7 heteroatoms. The smallest absolute Gasteiger partial charge is 0.246 e. The van der Waals surface area contributed by atoms with Gasteiger partial charge in [0, 0.05) is 31.5 Å². The Morgan fingerprint density at radius 3 is 2.61 bits per heavy atom. The maximum absolute atomic E-state index is 14.1. The van der Waals surface area contributed by atoms with Gasteiger partial charge < -0.3 is 4.90 Å². The molecule has 0 saturated heterocycles. The number of carbonyl (C=O) groups is 2. The third kappa shape index (κ3) is 4.65. The highest BCUT2D eigenvalue weighted by Crippen LogP contribution is 2.31. The number of anilines is 2. The van der Waals surface area contributed by atoms with Crippen LogP contribution >= 0.6 is 11.3 Å². The molecule has 0 aliphatic heterocycles. The van der Waals surface area contributed by atoms with E-state index in [0.29, 0.717) is 16.9 Å². The fraction of sp³-hybridized carbons (Fsp3) is 0.381. The summed E-state index contributed by atoms with van der Waals surface area (Å²) in [4.78, 5) is 31.9. The van der Waals surface area contributed by atoms with Crippen molar-refractivity contribution in [3.8, 4) is 0 Å². The van der Waals surface area contributed by atoms with E-state index in [1.54, 1.807) is 28.5 Å². The predicted octanol–water partition coefficient (Wildman–Crippen LogP) is 4.77. The molecule has 0 spiro atoms. The summed E-state index contributed by atoms with van der Waals surface area (Å²) in [6.45, 7) is 1.37. The molecule has 2 aromatic rings. The maximum Gasteiger partial charge on any atom is 0.246 e. The fourth-order valence-electron chi connectivity index (χ4n) is 3.42. The highest BCUT2D eigenvalue weighted by Gasteiger charge is 2.22. The van der Waals surface area contributed by atoms with Crippen LogP contribution in [0.5, 0.6) is 0 Å². The van der Waals surface area contributed by atoms with Crippen molar-refractivity contribution in [3.05, 3.63) is 47.2 Å². The lowest BCUT2D eigenvalue weighted by molar-refractivity contribution is -0.127. The minimum absolute atomic E-state index is 0.0565. The molecule has 148 valence electrons. The predicted molar refractivity (Wildman–Crippen MR) is 110 cm³/mol. The number of halogens is 1. The second-order valence-electron chi connectivity index (χ2n) is 6.94. The van der Waals surface area contributed by atoms with Gasteiger partial charge >= 0.3 is 0 Å². The molecule has 0 N–H and O–H groups in total. The van der Waals surface area contributed by atoms with Crippen molar-refractivity contribution in [1.82, 2.24) is 9.88 Å². The molecule has 1 saturated carbocycles. The first-order valence-electron chi connectivity index (χ1n) is 9.43. The largest absolute Gasteiger partial charge is 0.339 e. The van der Waals surface area contributed by atoms with Gasteiger partial charge in [-0.1, -0.05) is 31.4 Å². The van der Waals surface area contributed by atoms with Gasteiger partial charge in [0.1, 0.15) is 5.82 Å². The van der Waals surface area contributed by atoms with Crippen LogP contribution in [0, 0.1) is 5.82 Å². The first-order chi connectivity index (χ1) is 13.5. The Morgan fingerprint density at radius 2 is 1.93 bits per heavy atom. The van der Waals surface area contributed by atoms with Gasteiger partial charge in [0.2, 0.25) is 11.8 Å². The number of likely N-dealkylation sites (N-methyl/N-ethyl adjacent to an activating group) is 1. The van der Waals surface area contributed by atoms with Crippen molar-refractivity contribution in [3.63, 3.8) is 0 Å². The number of nitrogens with zero attached hydrogens (tertiary/aromatic N) is 3. The van der Waals surface area contributed by atoms with Crippen LogP contribution in [0.25, 0.3) is 6.08 Å². The average Bonchev–Trinajstić information content (AvgIpc) is 3.16. The van der Waals surface area contributed by atoms with E-state index in [0.717, 1.165) is 12.8 Å². The summed E-state index contributed by atoms with van der Waals surface area (Å²) in [7, 11) is 1.84. The van der Waals surface area contributed by atoms with Crippen LogP contribution in [0.15, 0.2) is 35.7 Å². The molecule has 1 aromatic carbocycles. The Hall–Kier alpha value is -2.54. The molecule has 1 aromatic heterocycles. The minimum atomic E-state index is -0.491.